The van der Waals surface area contributed by atoms with Crippen molar-refractivity contribution in [2.24, 2.45) is 0 Å². The predicted molar refractivity (Wildman–Crippen MR) is 90.1 cm³/mol. The van der Waals surface area contributed by atoms with E-state index in [0.717, 1.165) is 26.2 Å². The van der Waals surface area contributed by atoms with E-state index in [2.05, 4.69) is 36.1 Å². The van der Waals surface area contributed by atoms with E-state index in [-0.39, 0.29) is 5.91 Å². The largest absolute Gasteiger partial charge is 0.399 e. The van der Waals surface area contributed by atoms with E-state index in [4.69, 9.17) is 5.73 Å². The van der Waals surface area contributed by atoms with Crippen molar-refractivity contribution in [2.45, 2.75) is 6.92 Å². The van der Waals surface area contributed by atoms with E-state index in [1.807, 2.05) is 4.90 Å². The number of para-hydroxylation sites is 1. The van der Waals surface area contributed by atoms with Crippen LogP contribution in [0.25, 0.3) is 0 Å². The number of benzene rings is 2. The van der Waals surface area contributed by atoms with Crippen LogP contribution in [0.1, 0.15) is 15.9 Å². The van der Waals surface area contributed by atoms with Crippen molar-refractivity contribution in [1.29, 1.82) is 0 Å². The fourth-order valence-corrected chi connectivity index (χ4v) is 2.88. The molecule has 1 amide bonds. The second-order valence-corrected chi connectivity index (χ2v) is 5.69. The molecule has 0 saturated carbocycles. The van der Waals surface area contributed by atoms with Crippen molar-refractivity contribution >= 4 is 17.3 Å². The number of nitrogens with zero attached hydrogens (tertiary/aromatic N) is 2. The fourth-order valence-electron chi connectivity index (χ4n) is 2.88. The van der Waals surface area contributed by atoms with Gasteiger partial charge in [-0.3, -0.25) is 4.79 Å². The SMILES string of the molecule is Cc1ccccc1N1CCN(C(=O)c2ccc(N)cc2)CC1. The molecular formula is C18H21N3O. The van der Waals surface area contributed by atoms with Crippen LogP contribution in [-0.2, 0) is 0 Å². The van der Waals surface area contributed by atoms with Crippen molar-refractivity contribution in [3.05, 3.63) is 59.7 Å². The Balaban J connectivity index is 1.65. The third-order valence-electron chi connectivity index (χ3n) is 4.18. The van der Waals surface area contributed by atoms with Crippen LogP contribution >= 0.6 is 0 Å². The molecule has 2 N–H and O–H groups in total. The predicted octanol–water partition coefficient (Wildman–Crippen LogP) is 2.54. The molecule has 1 fully saturated rings. The van der Waals surface area contributed by atoms with Crippen LogP contribution in [0.5, 0.6) is 0 Å². The smallest absolute Gasteiger partial charge is 0.253 e. The highest BCUT2D eigenvalue weighted by Gasteiger charge is 2.22. The van der Waals surface area contributed by atoms with Gasteiger partial charge < -0.3 is 15.5 Å². The van der Waals surface area contributed by atoms with Crippen molar-refractivity contribution in [3.8, 4) is 0 Å². The summed E-state index contributed by atoms with van der Waals surface area (Å²) >= 11 is 0. The number of carbonyl (C=O) groups is 1. The van der Waals surface area contributed by atoms with Gasteiger partial charge in [0.1, 0.15) is 0 Å². The molecule has 114 valence electrons. The summed E-state index contributed by atoms with van der Waals surface area (Å²) in [5.74, 6) is 0.0874. The molecule has 0 unspecified atom stereocenters. The second kappa shape index (κ2) is 6.10. The molecule has 1 aliphatic rings. The first-order valence-corrected chi connectivity index (χ1v) is 7.60. The van der Waals surface area contributed by atoms with Gasteiger partial charge in [-0.05, 0) is 42.8 Å². The molecule has 0 aliphatic carbocycles. The Morgan fingerprint density at radius 3 is 2.23 bits per heavy atom. The fraction of sp³-hybridized carbons (Fsp3) is 0.278. The maximum atomic E-state index is 12.5. The number of hydrogen-bond donors (Lipinski definition) is 1. The van der Waals surface area contributed by atoms with Crippen molar-refractivity contribution < 1.29 is 4.79 Å². The molecule has 3 rings (SSSR count). The molecule has 1 aliphatic heterocycles. The molecule has 0 spiro atoms. The average molecular weight is 295 g/mol. The molecule has 2 aromatic carbocycles. The lowest BCUT2D eigenvalue weighted by atomic mass is 10.1. The second-order valence-electron chi connectivity index (χ2n) is 5.69. The molecule has 4 nitrogen and oxygen atoms in total. The van der Waals surface area contributed by atoms with Gasteiger partial charge >= 0.3 is 0 Å². The number of hydrogen-bond acceptors (Lipinski definition) is 3. The van der Waals surface area contributed by atoms with Crippen LogP contribution in [0.4, 0.5) is 11.4 Å². The zero-order chi connectivity index (χ0) is 15.5. The summed E-state index contributed by atoms with van der Waals surface area (Å²) in [5.41, 5.74) is 9.60. The Morgan fingerprint density at radius 2 is 1.59 bits per heavy atom. The Kier molecular flexibility index (Phi) is 4.00. The highest BCUT2D eigenvalue weighted by molar-refractivity contribution is 5.94. The van der Waals surface area contributed by atoms with Crippen molar-refractivity contribution in [1.82, 2.24) is 4.90 Å². The standard InChI is InChI=1S/C18H21N3O/c1-14-4-2-3-5-17(14)20-10-12-21(13-11-20)18(22)15-6-8-16(19)9-7-15/h2-9H,10-13,19H2,1H3. The van der Waals surface area contributed by atoms with Crippen LogP contribution in [0.3, 0.4) is 0 Å². The van der Waals surface area contributed by atoms with E-state index in [1.54, 1.807) is 24.3 Å². The normalized spacial score (nSPS) is 15.0. The van der Waals surface area contributed by atoms with E-state index in [1.165, 1.54) is 11.3 Å². The summed E-state index contributed by atoms with van der Waals surface area (Å²) in [6.45, 7) is 5.35. The first-order valence-electron chi connectivity index (χ1n) is 7.60. The summed E-state index contributed by atoms with van der Waals surface area (Å²) in [7, 11) is 0. The summed E-state index contributed by atoms with van der Waals surface area (Å²) in [6, 6.07) is 15.5. The lowest BCUT2D eigenvalue weighted by Gasteiger charge is -2.36. The highest BCUT2D eigenvalue weighted by atomic mass is 16.2. The van der Waals surface area contributed by atoms with Gasteiger partial charge in [0.05, 0.1) is 0 Å². The molecule has 1 heterocycles. The molecule has 1 saturated heterocycles. The van der Waals surface area contributed by atoms with Gasteiger partial charge in [-0.2, -0.15) is 0 Å². The Hall–Kier alpha value is -2.49. The minimum atomic E-state index is 0.0874. The van der Waals surface area contributed by atoms with E-state index >= 15 is 0 Å². The van der Waals surface area contributed by atoms with Crippen LogP contribution in [-0.4, -0.2) is 37.0 Å². The molecular weight excluding hydrogens is 274 g/mol. The molecule has 4 heteroatoms. The monoisotopic (exact) mass is 295 g/mol. The van der Waals surface area contributed by atoms with Gasteiger partial charge in [-0.15, -0.1) is 0 Å². The van der Waals surface area contributed by atoms with E-state index in [0.29, 0.717) is 11.3 Å². The maximum absolute atomic E-state index is 12.5. The highest BCUT2D eigenvalue weighted by Crippen LogP contribution is 2.21. The minimum absolute atomic E-state index is 0.0874. The first-order chi connectivity index (χ1) is 10.6. The number of piperazine rings is 1. The molecule has 0 radical (unpaired) electrons. The van der Waals surface area contributed by atoms with Crippen LogP contribution in [0.2, 0.25) is 0 Å². The Labute approximate surface area is 131 Å². The van der Waals surface area contributed by atoms with Gasteiger partial charge in [0.15, 0.2) is 0 Å². The zero-order valence-corrected chi connectivity index (χ0v) is 12.8. The van der Waals surface area contributed by atoms with Gasteiger partial charge in [0.2, 0.25) is 0 Å². The number of rotatable bonds is 2. The lowest BCUT2D eigenvalue weighted by molar-refractivity contribution is 0.0747. The molecule has 0 aromatic heterocycles. The van der Waals surface area contributed by atoms with Gasteiger partial charge in [0.25, 0.3) is 5.91 Å². The zero-order valence-electron chi connectivity index (χ0n) is 12.8. The summed E-state index contributed by atoms with van der Waals surface area (Å²) in [6.07, 6.45) is 0. The number of carbonyl (C=O) groups excluding carboxylic acids is 1. The van der Waals surface area contributed by atoms with E-state index in [9.17, 15) is 4.79 Å². The lowest BCUT2D eigenvalue weighted by Crippen LogP contribution is -2.49. The van der Waals surface area contributed by atoms with E-state index < -0.39 is 0 Å². The number of nitrogen functional groups attached to an aromatic ring is 1. The number of aryl methyl sites for hydroxylation is 1. The summed E-state index contributed by atoms with van der Waals surface area (Å²) in [5, 5.41) is 0. The first kappa shape index (κ1) is 14.4. The van der Waals surface area contributed by atoms with Crippen molar-refractivity contribution in [3.63, 3.8) is 0 Å². The quantitative estimate of drug-likeness (QED) is 0.866. The number of nitrogens with two attached hydrogens (primary N) is 1. The third kappa shape index (κ3) is 2.91. The average Bonchev–Trinajstić information content (AvgIpc) is 2.56. The number of anilines is 2. The van der Waals surface area contributed by atoms with Crippen molar-refractivity contribution in [2.75, 3.05) is 36.8 Å². The third-order valence-corrected chi connectivity index (χ3v) is 4.18. The van der Waals surface area contributed by atoms with Gasteiger partial charge in [-0.25, -0.2) is 0 Å². The van der Waals surface area contributed by atoms with Crippen LogP contribution in [0, 0.1) is 6.92 Å². The topological polar surface area (TPSA) is 49.6 Å². The van der Waals surface area contributed by atoms with Gasteiger partial charge in [-0.1, -0.05) is 18.2 Å². The van der Waals surface area contributed by atoms with Crippen LogP contribution in [0.15, 0.2) is 48.5 Å². The molecule has 22 heavy (non-hydrogen) atoms. The Morgan fingerprint density at radius 1 is 0.955 bits per heavy atom. The maximum Gasteiger partial charge on any atom is 0.253 e. The number of amides is 1. The molecule has 0 bridgehead atoms. The molecule has 2 aromatic rings. The molecule has 0 atom stereocenters. The van der Waals surface area contributed by atoms with Crippen LogP contribution < -0.4 is 10.6 Å². The summed E-state index contributed by atoms with van der Waals surface area (Å²) in [4.78, 5) is 16.8. The summed E-state index contributed by atoms with van der Waals surface area (Å²) < 4.78 is 0. The minimum Gasteiger partial charge on any atom is -0.399 e. The van der Waals surface area contributed by atoms with Gasteiger partial charge in [0, 0.05) is 43.1 Å². The Bertz CT molecular complexity index is 658.